The number of hydrogen-bond acceptors (Lipinski definition) is 2. The van der Waals surface area contributed by atoms with Crippen LogP contribution in [0.1, 0.15) is 5.56 Å². The van der Waals surface area contributed by atoms with Crippen molar-refractivity contribution < 1.29 is 13.2 Å². The molecule has 2 rings (SSSR count). The molecule has 0 saturated heterocycles. The molecule has 112 valence electrons. The van der Waals surface area contributed by atoms with E-state index in [0.29, 0.717) is 22.3 Å². The largest absolute Gasteiger partial charge is 0.446 e. The van der Waals surface area contributed by atoms with E-state index in [2.05, 4.69) is 5.32 Å². The average Bonchev–Trinajstić information content (AvgIpc) is 2.38. The molecule has 0 atom stereocenters. The molecule has 0 radical (unpaired) electrons. The van der Waals surface area contributed by atoms with Crippen molar-refractivity contribution in [3.63, 3.8) is 0 Å². The smallest absolute Gasteiger partial charge is 0.381 e. The van der Waals surface area contributed by atoms with E-state index in [1.807, 2.05) is 0 Å². The lowest BCUT2D eigenvalue weighted by Crippen LogP contribution is -2.01. The molecule has 7 heteroatoms. The molecule has 0 aliphatic carbocycles. The SMILES string of the molecule is FC(F)(F)Sc1ccc(NCc2ccc(Cl)cc2Cl)cc1. The summed E-state index contributed by atoms with van der Waals surface area (Å²) in [6.07, 6.45) is 0. The first-order chi connectivity index (χ1) is 9.83. The fourth-order valence-corrected chi connectivity index (χ4v) is 2.65. The molecule has 0 aromatic heterocycles. The quantitative estimate of drug-likeness (QED) is 0.656. The Morgan fingerprint density at radius 1 is 1.00 bits per heavy atom. The first-order valence-electron chi connectivity index (χ1n) is 5.87. The summed E-state index contributed by atoms with van der Waals surface area (Å²) in [7, 11) is 0. The molecule has 0 amide bonds. The summed E-state index contributed by atoms with van der Waals surface area (Å²) >= 11 is 11.7. The molecular formula is C14H10Cl2F3NS. The number of halogens is 5. The molecule has 0 aliphatic heterocycles. The van der Waals surface area contributed by atoms with Gasteiger partial charge < -0.3 is 5.32 Å². The first-order valence-corrected chi connectivity index (χ1v) is 7.44. The van der Waals surface area contributed by atoms with Gasteiger partial charge >= 0.3 is 5.51 Å². The van der Waals surface area contributed by atoms with E-state index in [1.54, 1.807) is 30.3 Å². The standard InChI is InChI=1S/C14H10Cl2F3NS/c15-10-2-1-9(13(16)7-10)8-20-11-3-5-12(6-4-11)21-14(17,18)19/h1-7,20H,8H2. The number of hydrogen-bond donors (Lipinski definition) is 1. The summed E-state index contributed by atoms with van der Waals surface area (Å²) in [6, 6.07) is 11.2. The van der Waals surface area contributed by atoms with Crippen molar-refractivity contribution in [2.75, 3.05) is 5.32 Å². The van der Waals surface area contributed by atoms with Crippen LogP contribution < -0.4 is 5.32 Å². The lowest BCUT2D eigenvalue weighted by molar-refractivity contribution is -0.0328. The molecule has 0 aliphatic rings. The summed E-state index contributed by atoms with van der Waals surface area (Å²) in [5.41, 5.74) is -2.70. The maximum absolute atomic E-state index is 12.2. The van der Waals surface area contributed by atoms with Crippen LogP contribution in [0, 0.1) is 0 Å². The highest BCUT2D eigenvalue weighted by atomic mass is 35.5. The fraction of sp³-hybridized carbons (Fsp3) is 0.143. The van der Waals surface area contributed by atoms with Crippen LogP contribution in [0.2, 0.25) is 10.0 Å². The van der Waals surface area contributed by atoms with Gasteiger partial charge in [0, 0.05) is 27.2 Å². The van der Waals surface area contributed by atoms with Crippen LogP contribution in [0.3, 0.4) is 0 Å². The van der Waals surface area contributed by atoms with Crippen LogP contribution in [-0.2, 0) is 6.54 Å². The molecule has 0 spiro atoms. The molecule has 0 heterocycles. The van der Waals surface area contributed by atoms with Crippen LogP contribution >= 0.6 is 35.0 Å². The Morgan fingerprint density at radius 3 is 2.24 bits per heavy atom. The van der Waals surface area contributed by atoms with Gasteiger partial charge in [0.05, 0.1) is 0 Å². The maximum Gasteiger partial charge on any atom is 0.446 e. The van der Waals surface area contributed by atoms with Crippen molar-refractivity contribution in [2.24, 2.45) is 0 Å². The van der Waals surface area contributed by atoms with Gasteiger partial charge in [0.1, 0.15) is 0 Å². The average molecular weight is 352 g/mol. The van der Waals surface area contributed by atoms with E-state index >= 15 is 0 Å². The van der Waals surface area contributed by atoms with Gasteiger partial charge in [0.2, 0.25) is 0 Å². The molecule has 1 nitrogen and oxygen atoms in total. The Morgan fingerprint density at radius 2 is 1.67 bits per heavy atom. The van der Waals surface area contributed by atoms with Crippen molar-refractivity contribution in [3.05, 3.63) is 58.1 Å². The molecule has 1 N–H and O–H groups in total. The second kappa shape index (κ2) is 6.81. The van der Waals surface area contributed by atoms with Gasteiger partial charge in [0.15, 0.2) is 0 Å². The van der Waals surface area contributed by atoms with Gasteiger partial charge in [-0.1, -0.05) is 29.3 Å². The number of alkyl halides is 3. The van der Waals surface area contributed by atoms with Gasteiger partial charge in [-0.05, 0) is 53.7 Å². The van der Waals surface area contributed by atoms with Gasteiger partial charge in [-0.25, -0.2) is 0 Å². The van der Waals surface area contributed by atoms with Crippen molar-refractivity contribution in [1.82, 2.24) is 0 Å². The van der Waals surface area contributed by atoms with E-state index in [0.717, 1.165) is 5.56 Å². The minimum Gasteiger partial charge on any atom is -0.381 e. The molecule has 0 saturated carbocycles. The Bertz CT molecular complexity index is 615. The Labute approximate surface area is 134 Å². The monoisotopic (exact) mass is 351 g/mol. The molecule has 0 unspecified atom stereocenters. The zero-order chi connectivity index (χ0) is 15.5. The highest BCUT2D eigenvalue weighted by molar-refractivity contribution is 8.00. The normalized spacial score (nSPS) is 11.5. The summed E-state index contributed by atoms with van der Waals surface area (Å²) in [5.74, 6) is 0. The third-order valence-electron chi connectivity index (χ3n) is 2.59. The maximum atomic E-state index is 12.2. The molecular weight excluding hydrogens is 342 g/mol. The molecule has 0 bridgehead atoms. The van der Waals surface area contributed by atoms with E-state index in [4.69, 9.17) is 23.2 Å². The van der Waals surface area contributed by atoms with Gasteiger partial charge in [-0.3, -0.25) is 0 Å². The van der Waals surface area contributed by atoms with Gasteiger partial charge in [-0.2, -0.15) is 13.2 Å². The zero-order valence-corrected chi connectivity index (χ0v) is 12.9. The highest BCUT2D eigenvalue weighted by Crippen LogP contribution is 2.37. The van der Waals surface area contributed by atoms with Crippen molar-refractivity contribution in [2.45, 2.75) is 16.9 Å². The number of rotatable bonds is 4. The second-order valence-electron chi connectivity index (χ2n) is 4.16. The van der Waals surface area contributed by atoms with Crippen LogP contribution in [0.25, 0.3) is 0 Å². The van der Waals surface area contributed by atoms with Crippen molar-refractivity contribution in [1.29, 1.82) is 0 Å². The van der Waals surface area contributed by atoms with Gasteiger partial charge in [-0.15, -0.1) is 0 Å². The zero-order valence-electron chi connectivity index (χ0n) is 10.5. The first kappa shape index (κ1) is 16.3. The van der Waals surface area contributed by atoms with Crippen LogP contribution in [-0.4, -0.2) is 5.51 Å². The highest BCUT2D eigenvalue weighted by Gasteiger charge is 2.28. The molecule has 2 aromatic rings. The summed E-state index contributed by atoms with van der Waals surface area (Å²) in [6.45, 7) is 0.460. The van der Waals surface area contributed by atoms with Crippen LogP contribution in [0.4, 0.5) is 18.9 Å². The van der Waals surface area contributed by atoms with Crippen molar-refractivity contribution >= 4 is 40.7 Å². The van der Waals surface area contributed by atoms with Gasteiger partial charge in [0.25, 0.3) is 0 Å². The predicted molar refractivity (Wildman–Crippen MR) is 82.1 cm³/mol. The molecule has 21 heavy (non-hydrogen) atoms. The van der Waals surface area contributed by atoms with E-state index in [-0.39, 0.29) is 16.7 Å². The number of anilines is 1. The summed E-state index contributed by atoms with van der Waals surface area (Å²) in [4.78, 5) is 0.151. The minimum absolute atomic E-state index is 0.136. The number of nitrogens with one attached hydrogen (secondary N) is 1. The third-order valence-corrected chi connectivity index (χ3v) is 3.91. The summed E-state index contributed by atoms with van der Waals surface area (Å²) in [5, 5.41) is 4.19. The van der Waals surface area contributed by atoms with E-state index < -0.39 is 5.51 Å². The second-order valence-corrected chi connectivity index (χ2v) is 6.14. The van der Waals surface area contributed by atoms with E-state index in [1.165, 1.54) is 12.1 Å². The Hall–Kier alpha value is -1.04. The number of thioether (sulfide) groups is 1. The Kier molecular flexibility index (Phi) is 5.30. The predicted octanol–water partition coefficient (Wildman–Crippen LogP) is 6.22. The Balaban J connectivity index is 1.97. The number of benzene rings is 2. The fourth-order valence-electron chi connectivity index (χ4n) is 1.64. The van der Waals surface area contributed by atoms with E-state index in [9.17, 15) is 13.2 Å². The lowest BCUT2D eigenvalue weighted by atomic mass is 10.2. The third kappa shape index (κ3) is 5.34. The van der Waals surface area contributed by atoms with Crippen LogP contribution in [0.5, 0.6) is 0 Å². The summed E-state index contributed by atoms with van der Waals surface area (Å²) < 4.78 is 36.6. The molecule has 0 fully saturated rings. The topological polar surface area (TPSA) is 12.0 Å². The minimum atomic E-state index is -4.27. The lowest BCUT2D eigenvalue weighted by Gasteiger charge is -2.10. The molecule has 2 aromatic carbocycles. The van der Waals surface area contributed by atoms with Crippen molar-refractivity contribution in [3.8, 4) is 0 Å². The van der Waals surface area contributed by atoms with Crippen LogP contribution in [0.15, 0.2) is 47.4 Å².